The third-order valence-corrected chi connectivity index (χ3v) is 4.14. The molecule has 1 fully saturated rings. The third-order valence-electron chi connectivity index (χ3n) is 3.41. The summed E-state index contributed by atoms with van der Waals surface area (Å²) in [4.78, 5) is 6.65. The quantitative estimate of drug-likeness (QED) is 0.916. The van der Waals surface area contributed by atoms with Gasteiger partial charge < -0.3 is 5.32 Å². The van der Waals surface area contributed by atoms with E-state index < -0.39 is 0 Å². The number of piperazine rings is 1. The van der Waals surface area contributed by atoms with Gasteiger partial charge >= 0.3 is 0 Å². The second-order valence-corrected chi connectivity index (χ2v) is 5.38. The average Bonchev–Trinajstić information content (AvgIpc) is 2.93. The number of hydrogen-bond donors (Lipinski definition) is 1. The number of nitrogens with zero attached hydrogens (tertiary/aromatic N) is 2. The van der Waals surface area contributed by atoms with Crippen molar-refractivity contribution in [2.45, 2.75) is 12.6 Å². The van der Waals surface area contributed by atoms with Crippen LogP contribution in [0, 0.1) is 0 Å². The molecule has 3 rings (SSSR count). The van der Waals surface area contributed by atoms with Crippen molar-refractivity contribution in [2.24, 2.45) is 0 Å². The fourth-order valence-corrected chi connectivity index (χ4v) is 3.13. The highest BCUT2D eigenvalue weighted by Crippen LogP contribution is 2.24. The normalized spacial score (nSPS) is 21.0. The molecule has 94 valence electrons. The molecule has 1 atom stereocenters. The molecule has 4 heteroatoms. The second-order valence-electron chi connectivity index (χ2n) is 4.60. The topological polar surface area (TPSA) is 28.2 Å². The first-order chi connectivity index (χ1) is 8.93. The van der Waals surface area contributed by atoms with E-state index in [0.717, 1.165) is 26.2 Å². The molecule has 1 unspecified atom stereocenters. The zero-order valence-corrected chi connectivity index (χ0v) is 11.1. The van der Waals surface area contributed by atoms with Crippen molar-refractivity contribution in [1.29, 1.82) is 0 Å². The fraction of sp³-hybridized carbons (Fsp3) is 0.357. The summed E-state index contributed by atoms with van der Waals surface area (Å²) in [6, 6.07) is 6.93. The van der Waals surface area contributed by atoms with Gasteiger partial charge in [-0.3, -0.25) is 9.88 Å². The van der Waals surface area contributed by atoms with Crippen LogP contribution < -0.4 is 5.32 Å². The van der Waals surface area contributed by atoms with Gasteiger partial charge in [0.1, 0.15) is 0 Å². The Labute approximate surface area is 111 Å². The summed E-state index contributed by atoms with van der Waals surface area (Å²) < 4.78 is 0. The maximum Gasteiger partial charge on any atom is 0.0477 e. The number of pyridine rings is 1. The third kappa shape index (κ3) is 2.61. The molecule has 18 heavy (non-hydrogen) atoms. The Balaban J connectivity index is 1.78. The monoisotopic (exact) mass is 259 g/mol. The average molecular weight is 259 g/mol. The van der Waals surface area contributed by atoms with Gasteiger partial charge in [-0.2, -0.15) is 11.3 Å². The van der Waals surface area contributed by atoms with Crippen molar-refractivity contribution in [3.05, 3.63) is 52.5 Å². The van der Waals surface area contributed by atoms with E-state index in [-0.39, 0.29) is 0 Å². The lowest BCUT2D eigenvalue weighted by Crippen LogP contribution is -2.45. The van der Waals surface area contributed by atoms with Gasteiger partial charge in [0.15, 0.2) is 0 Å². The molecular formula is C14H17N3S. The van der Waals surface area contributed by atoms with Crippen LogP contribution in [-0.2, 0) is 6.54 Å². The first kappa shape index (κ1) is 11.8. The molecule has 0 spiro atoms. The van der Waals surface area contributed by atoms with Gasteiger partial charge in [-0.15, -0.1) is 0 Å². The number of hydrogen-bond acceptors (Lipinski definition) is 4. The first-order valence-electron chi connectivity index (χ1n) is 6.29. The summed E-state index contributed by atoms with van der Waals surface area (Å²) in [7, 11) is 0. The largest absolute Gasteiger partial charge is 0.314 e. The summed E-state index contributed by atoms with van der Waals surface area (Å²) in [6.07, 6.45) is 3.76. The van der Waals surface area contributed by atoms with E-state index in [2.05, 4.69) is 44.2 Å². The predicted octanol–water partition coefficient (Wildman–Crippen LogP) is 2.29. The molecular weight excluding hydrogens is 242 g/mol. The van der Waals surface area contributed by atoms with Gasteiger partial charge in [0.25, 0.3) is 0 Å². The Morgan fingerprint density at radius 3 is 3.00 bits per heavy atom. The molecule has 1 saturated heterocycles. The van der Waals surface area contributed by atoms with Crippen LogP contribution in [0.15, 0.2) is 41.4 Å². The standard InChI is InChI=1S/C14H17N3S/c1-4-15-5-2-13(1)14-9-16-6-7-17(14)10-12-3-8-18-11-12/h1-5,8,11,14,16H,6-7,9-10H2. The Hall–Kier alpha value is -1.23. The SMILES string of the molecule is c1cc(C2CNCCN2Cc2ccsc2)ccn1. The van der Waals surface area contributed by atoms with Crippen molar-refractivity contribution in [2.75, 3.05) is 19.6 Å². The molecule has 0 amide bonds. The lowest BCUT2D eigenvalue weighted by Gasteiger charge is -2.36. The predicted molar refractivity (Wildman–Crippen MR) is 74.6 cm³/mol. The lowest BCUT2D eigenvalue weighted by atomic mass is 10.0. The molecule has 0 aromatic carbocycles. The molecule has 1 N–H and O–H groups in total. The zero-order valence-electron chi connectivity index (χ0n) is 10.2. The Kier molecular flexibility index (Phi) is 3.69. The number of rotatable bonds is 3. The van der Waals surface area contributed by atoms with Gasteiger partial charge in [-0.25, -0.2) is 0 Å². The minimum absolute atomic E-state index is 0.460. The summed E-state index contributed by atoms with van der Waals surface area (Å²) in [5.74, 6) is 0. The number of aromatic nitrogens is 1. The van der Waals surface area contributed by atoms with E-state index in [4.69, 9.17) is 0 Å². The molecule has 0 saturated carbocycles. The van der Waals surface area contributed by atoms with E-state index >= 15 is 0 Å². The van der Waals surface area contributed by atoms with E-state index in [1.54, 1.807) is 11.3 Å². The van der Waals surface area contributed by atoms with Crippen molar-refractivity contribution in [3.63, 3.8) is 0 Å². The maximum absolute atomic E-state index is 4.10. The minimum Gasteiger partial charge on any atom is -0.314 e. The molecule has 0 bridgehead atoms. The van der Waals surface area contributed by atoms with Gasteiger partial charge in [0.2, 0.25) is 0 Å². The smallest absolute Gasteiger partial charge is 0.0477 e. The van der Waals surface area contributed by atoms with Crippen molar-refractivity contribution >= 4 is 11.3 Å². The fourth-order valence-electron chi connectivity index (χ4n) is 2.47. The highest BCUT2D eigenvalue weighted by Gasteiger charge is 2.23. The molecule has 2 aromatic rings. The van der Waals surface area contributed by atoms with Crippen LogP contribution in [0.25, 0.3) is 0 Å². The van der Waals surface area contributed by atoms with E-state index in [9.17, 15) is 0 Å². The van der Waals surface area contributed by atoms with Crippen LogP contribution in [0.5, 0.6) is 0 Å². The molecule has 0 radical (unpaired) electrons. The molecule has 2 aromatic heterocycles. The van der Waals surface area contributed by atoms with Crippen molar-refractivity contribution in [3.8, 4) is 0 Å². The van der Waals surface area contributed by atoms with E-state index in [0.29, 0.717) is 6.04 Å². The summed E-state index contributed by atoms with van der Waals surface area (Å²) in [5, 5.41) is 7.88. The Morgan fingerprint density at radius 2 is 2.22 bits per heavy atom. The van der Waals surface area contributed by atoms with Gasteiger partial charge in [0.05, 0.1) is 0 Å². The number of thiophene rings is 1. The van der Waals surface area contributed by atoms with Gasteiger partial charge in [0, 0.05) is 44.6 Å². The highest BCUT2D eigenvalue weighted by molar-refractivity contribution is 7.07. The Morgan fingerprint density at radius 1 is 1.33 bits per heavy atom. The van der Waals surface area contributed by atoms with Crippen LogP contribution >= 0.6 is 11.3 Å². The second kappa shape index (κ2) is 5.61. The summed E-state index contributed by atoms with van der Waals surface area (Å²) in [6.45, 7) is 4.24. The van der Waals surface area contributed by atoms with Crippen LogP contribution in [0.4, 0.5) is 0 Å². The van der Waals surface area contributed by atoms with Crippen molar-refractivity contribution in [1.82, 2.24) is 15.2 Å². The van der Waals surface area contributed by atoms with Crippen molar-refractivity contribution < 1.29 is 0 Å². The number of nitrogens with one attached hydrogen (secondary N) is 1. The molecule has 0 aliphatic carbocycles. The molecule has 1 aliphatic heterocycles. The molecule has 3 heterocycles. The first-order valence-corrected chi connectivity index (χ1v) is 7.23. The highest BCUT2D eigenvalue weighted by atomic mass is 32.1. The van der Waals surface area contributed by atoms with Crippen LogP contribution in [-0.4, -0.2) is 29.5 Å². The van der Waals surface area contributed by atoms with E-state index in [1.807, 2.05) is 12.4 Å². The maximum atomic E-state index is 4.10. The van der Waals surface area contributed by atoms with Gasteiger partial charge in [-0.05, 0) is 40.1 Å². The van der Waals surface area contributed by atoms with Crippen LogP contribution in [0.3, 0.4) is 0 Å². The summed E-state index contributed by atoms with van der Waals surface area (Å²) >= 11 is 1.77. The van der Waals surface area contributed by atoms with E-state index in [1.165, 1.54) is 11.1 Å². The van der Waals surface area contributed by atoms with Crippen LogP contribution in [0.2, 0.25) is 0 Å². The lowest BCUT2D eigenvalue weighted by molar-refractivity contribution is 0.154. The molecule has 1 aliphatic rings. The Bertz CT molecular complexity index is 469. The summed E-state index contributed by atoms with van der Waals surface area (Å²) in [5.41, 5.74) is 2.77. The zero-order chi connectivity index (χ0) is 12.2. The minimum atomic E-state index is 0.460. The molecule has 3 nitrogen and oxygen atoms in total. The van der Waals surface area contributed by atoms with Gasteiger partial charge in [-0.1, -0.05) is 0 Å². The van der Waals surface area contributed by atoms with Crippen LogP contribution in [0.1, 0.15) is 17.2 Å².